The Kier molecular flexibility index (Phi) is 4.29. The number of amides is 1. The van der Waals surface area contributed by atoms with Gasteiger partial charge in [0.15, 0.2) is 0 Å². The average molecular weight is 315 g/mol. The number of carbonyl (C=O) groups excluding carboxylic acids is 1. The van der Waals surface area contributed by atoms with E-state index in [4.69, 9.17) is 4.74 Å². The summed E-state index contributed by atoms with van der Waals surface area (Å²) in [7, 11) is 5.70. The van der Waals surface area contributed by atoms with Crippen LogP contribution >= 0.6 is 0 Å². The molecule has 0 saturated carbocycles. The molecule has 0 unspecified atom stereocenters. The largest absolute Gasteiger partial charge is 0.368 e. The van der Waals surface area contributed by atoms with Crippen molar-refractivity contribution in [2.24, 2.45) is 7.05 Å². The third-order valence-electron chi connectivity index (χ3n) is 3.83. The summed E-state index contributed by atoms with van der Waals surface area (Å²) in [4.78, 5) is 20.9. The van der Waals surface area contributed by atoms with Crippen molar-refractivity contribution in [1.29, 1.82) is 0 Å². The van der Waals surface area contributed by atoms with Crippen molar-refractivity contribution in [1.82, 2.24) is 19.7 Å². The highest BCUT2D eigenvalue weighted by Crippen LogP contribution is 2.23. The van der Waals surface area contributed by atoms with Gasteiger partial charge in [-0.1, -0.05) is 6.07 Å². The van der Waals surface area contributed by atoms with Gasteiger partial charge in [0, 0.05) is 33.9 Å². The summed E-state index contributed by atoms with van der Waals surface area (Å²) < 4.78 is 7.45. The van der Waals surface area contributed by atoms with Gasteiger partial charge in [0.25, 0.3) is 5.91 Å². The van der Waals surface area contributed by atoms with Crippen LogP contribution in [0.1, 0.15) is 22.3 Å². The molecule has 1 atom stereocenters. The molecule has 2 aromatic heterocycles. The Balaban J connectivity index is 1.75. The molecule has 1 amide bonds. The van der Waals surface area contributed by atoms with E-state index in [1.807, 2.05) is 37.2 Å². The first kappa shape index (κ1) is 15.5. The molecule has 3 rings (SSSR count). The number of pyridine rings is 1. The molecule has 1 aliphatic heterocycles. The standard InChI is InChI=1S/C16H21N5O2/c1-19(2)15-6-4-5-12(17-15)14-11-21(9-10-23-14)16(22)13-7-8-20(3)18-13/h4-8,14H,9-11H2,1-3H3/t14-/m0/s1. The van der Waals surface area contributed by atoms with Crippen LogP contribution in [0.4, 0.5) is 5.82 Å². The van der Waals surface area contributed by atoms with Crippen molar-refractivity contribution < 1.29 is 9.53 Å². The van der Waals surface area contributed by atoms with E-state index in [0.29, 0.717) is 25.4 Å². The fourth-order valence-electron chi connectivity index (χ4n) is 2.57. The Morgan fingerprint density at radius 1 is 1.35 bits per heavy atom. The van der Waals surface area contributed by atoms with Crippen molar-refractivity contribution in [3.05, 3.63) is 41.9 Å². The highest BCUT2D eigenvalue weighted by molar-refractivity contribution is 5.92. The Morgan fingerprint density at radius 3 is 2.87 bits per heavy atom. The maximum atomic E-state index is 12.5. The van der Waals surface area contributed by atoms with Crippen LogP contribution < -0.4 is 4.90 Å². The number of carbonyl (C=O) groups is 1. The Morgan fingerprint density at radius 2 is 2.17 bits per heavy atom. The summed E-state index contributed by atoms with van der Waals surface area (Å²) in [5, 5.41) is 4.18. The molecule has 1 aliphatic rings. The van der Waals surface area contributed by atoms with Gasteiger partial charge in [-0.3, -0.25) is 9.48 Å². The Hall–Kier alpha value is -2.41. The third kappa shape index (κ3) is 3.34. The molecule has 1 fully saturated rings. The van der Waals surface area contributed by atoms with Crippen molar-refractivity contribution >= 4 is 11.7 Å². The van der Waals surface area contributed by atoms with Crippen LogP contribution in [0, 0.1) is 0 Å². The zero-order valence-corrected chi connectivity index (χ0v) is 13.6. The van der Waals surface area contributed by atoms with Crippen LogP contribution in [0.2, 0.25) is 0 Å². The minimum absolute atomic E-state index is 0.0670. The summed E-state index contributed by atoms with van der Waals surface area (Å²) >= 11 is 0. The van der Waals surface area contributed by atoms with Gasteiger partial charge >= 0.3 is 0 Å². The monoisotopic (exact) mass is 315 g/mol. The van der Waals surface area contributed by atoms with Gasteiger partial charge in [0.2, 0.25) is 0 Å². The summed E-state index contributed by atoms with van der Waals surface area (Å²) in [6, 6.07) is 7.58. The number of ether oxygens (including phenoxy) is 1. The number of aromatic nitrogens is 3. The summed E-state index contributed by atoms with van der Waals surface area (Å²) in [5.41, 5.74) is 1.30. The van der Waals surface area contributed by atoms with Crippen LogP contribution in [0.25, 0.3) is 0 Å². The lowest BCUT2D eigenvalue weighted by molar-refractivity contribution is -0.0248. The molecule has 2 aromatic rings. The SMILES string of the molecule is CN(C)c1cccc([C@@H]2CN(C(=O)c3ccn(C)n3)CCO2)n1. The van der Waals surface area contributed by atoms with Crippen LogP contribution in [-0.2, 0) is 11.8 Å². The Labute approximate surface area is 135 Å². The number of aryl methyl sites for hydroxylation is 1. The summed E-state index contributed by atoms with van der Waals surface area (Å²) in [5.74, 6) is 0.807. The molecule has 1 saturated heterocycles. The quantitative estimate of drug-likeness (QED) is 0.848. The molecule has 0 aromatic carbocycles. The number of hydrogen-bond donors (Lipinski definition) is 0. The van der Waals surface area contributed by atoms with Gasteiger partial charge in [-0.05, 0) is 18.2 Å². The first-order valence-electron chi connectivity index (χ1n) is 7.59. The highest BCUT2D eigenvalue weighted by Gasteiger charge is 2.28. The fourth-order valence-corrected chi connectivity index (χ4v) is 2.57. The van der Waals surface area contributed by atoms with Crippen LogP contribution in [0.5, 0.6) is 0 Å². The van der Waals surface area contributed by atoms with E-state index in [1.54, 1.807) is 28.9 Å². The molecule has 0 radical (unpaired) electrons. The van der Waals surface area contributed by atoms with Crippen LogP contribution in [0.15, 0.2) is 30.5 Å². The first-order chi connectivity index (χ1) is 11.0. The lowest BCUT2D eigenvalue weighted by atomic mass is 10.1. The number of hydrogen-bond acceptors (Lipinski definition) is 5. The molecule has 0 spiro atoms. The minimum Gasteiger partial charge on any atom is -0.368 e. The maximum absolute atomic E-state index is 12.5. The Bertz CT molecular complexity index is 697. The van der Waals surface area contributed by atoms with E-state index in [1.165, 1.54) is 0 Å². The molecule has 122 valence electrons. The molecule has 7 nitrogen and oxygen atoms in total. The van der Waals surface area contributed by atoms with Crippen LogP contribution in [0.3, 0.4) is 0 Å². The molecule has 3 heterocycles. The molecular weight excluding hydrogens is 294 g/mol. The molecule has 7 heteroatoms. The molecule has 0 aliphatic carbocycles. The van der Waals surface area contributed by atoms with E-state index < -0.39 is 0 Å². The maximum Gasteiger partial charge on any atom is 0.274 e. The zero-order chi connectivity index (χ0) is 16.4. The summed E-state index contributed by atoms with van der Waals surface area (Å²) in [6.45, 7) is 1.55. The van der Waals surface area contributed by atoms with Gasteiger partial charge in [0.1, 0.15) is 17.6 Å². The molecule has 23 heavy (non-hydrogen) atoms. The fraction of sp³-hybridized carbons (Fsp3) is 0.438. The summed E-state index contributed by atoms with van der Waals surface area (Å²) in [6.07, 6.45) is 1.56. The molecule has 0 bridgehead atoms. The number of rotatable bonds is 3. The first-order valence-corrected chi connectivity index (χ1v) is 7.59. The van der Waals surface area contributed by atoms with Crippen molar-refractivity contribution in [3.8, 4) is 0 Å². The van der Waals surface area contributed by atoms with E-state index in [2.05, 4.69) is 10.1 Å². The molecular formula is C16H21N5O2. The molecule has 0 N–H and O–H groups in total. The van der Waals surface area contributed by atoms with E-state index in [0.717, 1.165) is 11.5 Å². The van der Waals surface area contributed by atoms with Gasteiger partial charge in [-0.2, -0.15) is 5.10 Å². The van der Waals surface area contributed by atoms with Crippen LogP contribution in [-0.4, -0.2) is 59.4 Å². The second-order valence-corrected chi connectivity index (χ2v) is 5.80. The van der Waals surface area contributed by atoms with Gasteiger partial charge in [-0.15, -0.1) is 0 Å². The van der Waals surface area contributed by atoms with Gasteiger partial charge in [0.05, 0.1) is 18.8 Å². The number of morpholine rings is 1. The topological polar surface area (TPSA) is 63.5 Å². The van der Waals surface area contributed by atoms with E-state index in [-0.39, 0.29) is 12.0 Å². The predicted molar refractivity (Wildman–Crippen MR) is 86.4 cm³/mol. The number of anilines is 1. The van der Waals surface area contributed by atoms with Gasteiger partial charge in [-0.25, -0.2) is 4.98 Å². The lowest BCUT2D eigenvalue weighted by Crippen LogP contribution is -2.42. The number of nitrogens with zero attached hydrogens (tertiary/aromatic N) is 5. The van der Waals surface area contributed by atoms with Crippen molar-refractivity contribution in [2.45, 2.75) is 6.10 Å². The minimum atomic E-state index is -0.212. The third-order valence-corrected chi connectivity index (χ3v) is 3.83. The van der Waals surface area contributed by atoms with E-state index in [9.17, 15) is 4.79 Å². The van der Waals surface area contributed by atoms with E-state index >= 15 is 0 Å². The lowest BCUT2D eigenvalue weighted by Gasteiger charge is -2.32. The highest BCUT2D eigenvalue weighted by atomic mass is 16.5. The smallest absolute Gasteiger partial charge is 0.274 e. The van der Waals surface area contributed by atoms with Crippen molar-refractivity contribution in [2.75, 3.05) is 38.7 Å². The van der Waals surface area contributed by atoms with Crippen molar-refractivity contribution in [3.63, 3.8) is 0 Å². The second kappa shape index (κ2) is 6.37. The second-order valence-electron chi connectivity index (χ2n) is 5.80. The normalized spacial score (nSPS) is 18.0. The zero-order valence-electron chi connectivity index (χ0n) is 13.6. The average Bonchev–Trinajstić information content (AvgIpc) is 3.01. The predicted octanol–water partition coefficient (Wildman–Crippen LogP) is 1.09. The van der Waals surface area contributed by atoms with Gasteiger partial charge < -0.3 is 14.5 Å².